The normalized spacial score (nSPS) is 10.8. The van der Waals surface area contributed by atoms with E-state index < -0.39 is 11.9 Å². The van der Waals surface area contributed by atoms with Crippen molar-refractivity contribution in [2.75, 3.05) is 7.11 Å². The molecule has 0 aromatic heterocycles. The van der Waals surface area contributed by atoms with Gasteiger partial charge in [-0.25, -0.2) is 4.79 Å². The van der Waals surface area contributed by atoms with E-state index in [-0.39, 0.29) is 17.7 Å². The number of ether oxygens (including phenoxy) is 2. The molecule has 1 amide bonds. The number of carboxylic acid groups (broad SMARTS) is 1. The van der Waals surface area contributed by atoms with E-state index in [2.05, 4.69) is 21.2 Å². The van der Waals surface area contributed by atoms with Crippen molar-refractivity contribution in [2.45, 2.75) is 13.2 Å². The van der Waals surface area contributed by atoms with Gasteiger partial charge >= 0.3 is 5.97 Å². The molecule has 7 nitrogen and oxygen atoms in total. The van der Waals surface area contributed by atoms with Crippen LogP contribution in [0.2, 0.25) is 0 Å². The number of aromatic carboxylic acids is 1. The molecule has 0 atom stereocenters. The summed E-state index contributed by atoms with van der Waals surface area (Å²) < 4.78 is 11.9. The van der Waals surface area contributed by atoms with Gasteiger partial charge < -0.3 is 19.9 Å². The van der Waals surface area contributed by atoms with Gasteiger partial charge in [0.2, 0.25) is 0 Å². The van der Waals surface area contributed by atoms with Crippen LogP contribution in [0.1, 0.15) is 27.0 Å². The molecule has 0 heterocycles. The summed E-state index contributed by atoms with van der Waals surface area (Å²) >= 11 is 3.46. The summed E-state index contributed by atoms with van der Waals surface area (Å²) in [6, 6.07) is 21.1. The van der Waals surface area contributed by atoms with Crippen molar-refractivity contribution in [1.29, 1.82) is 5.26 Å². The van der Waals surface area contributed by atoms with Gasteiger partial charge in [0.15, 0.2) is 11.5 Å². The van der Waals surface area contributed by atoms with Gasteiger partial charge in [-0.15, -0.1) is 0 Å². The van der Waals surface area contributed by atoms with E-state index in [0.717, 1.165) is 11.1 Å². The highest BCUT2D eigenvalue weighted by molar-refractivity contribution is 9.10. The average Bonchev–Trinajstić information content (AvgIpc) is 2.86. The van der Waals surface area contributed by atoms with Crippen LogP contribution in [0.4, 0.5) is 0 Å². The number of hydrogen-bond donors (Lipinski definition) is 2. The van der Waals surface area contributed by atoms with E-state index >= 15 is 0 Å². The Balaban J connectivity index is 1.74. The highest BCUT2D eigenvalue weighted by atomic mass is 79.9. The fraction of sp³-hybridized carbons (Fsp3) is 0.115. The van der Waals surface area contributed by atoms with Crippen LogP contribution < -0.4 is 14.8 Å². The number of nitriles is 1. The van der Waals surface area contributed by atoms with Crippen LogP contribution in [0.25, 0.3) is 6.08 Å². The van der Waals surface area contributed by atoms with Gasteiger partial charge in [0.25, 0.3) is 5.91 Å². The maximum atomic E-state index is 12.5. The summed E-state index contributed by atoms with van der Waals surface area (Å²) in [4.78, 5) is 23.5. The lowest BCUT2D eigenvalue weighted by atomic mass is 10.1. The Morgan fingerprint density at radius 2 is 1.76 bits per heavy atom. The van der Waals surface area contributed by atoms with Crippen molar-refractivity contribution in [3.63, 3.8) is 0 Å². The van der Waals surface area contributed by atoms with Gasteiger partial charge in [-0.3, -0.25) is 4.79 Å². The summed E-state index contributed by atoms with van der Waals surface area (Å²) in [6.45, 7) is 0.507. The van der Waals surface area contributed by atoms with Crippen molar-refractivity contribution in [1.82, 2.24) is 5.32 Å². The molecule has 3 aromatic carbocycles. The predicted molar refractivity (Wildman–Crippen MR) is 130 cm³/mol. The van der Waals surface area contributed by atoms with Gasteiger partial charge in [0, 0.05) is 11.0 Å². The minimum Gasteiger partial charge on any atom is -0.493 e. The first kappa shape index (κ1) is 24.6. The number of carboxylic acids is 1. The first-order valence-corrected chi connectivity index (χ1v) is 11.0. The number of benzene rings is 3. The van der Waals surface area contributed by atoms with Gasteiger partial charge in [0.1, 0.15) is 18.2 Å². The number of hydrogen-bond acceptors (Lipinski definition) is 5. The molecule has 0 aliphatic rings. The number of carbonyl (C=O) groups excluding carboxylic acids is 1. The maximum Gasteiger partial charge on any atom is 0.335 e. The fourth-order valence-electron chi connectivity index (χ4n) is 3.02. The van der Waals surface area contributed by atoms with Crippen molar-refractivity contribution >= 4 is 33.9 Å². The zero-order valence-electron chi connectivity index (χ0n) is 18.2. The van der Waals surface area contributed by atoms with Crippen molar-refractivity contribution < 1.29 is 24.2 Å². The number of nitrogens with one attached hydrogen (secondary N) is 1. The summed E-state index contributed by atoms with van der Waals surface area (Å²) in [5, 5.41) is 21.2. The number of carbonyl (C=O) groups is 2. The Labute approximate surface area is 205 Å². The standard InChI is InChI=1S/C26H21BrN2O5/c1-33-23-12-20(11-21(14-28)25(30)29-15-17-5-3-2-4-6-17)22(27)13-24(23)34-16-18-7-9-19(10-8-18)26(31)32/h2-13H,15-16H2,1H3,(H,29,30)(H,31,32)/b21-11-. The molecule has 0 saturated carbocycles. The van der Waals surface area contributed by atoms with Crippen LogP contribution in [0, 0.1) is 11.3 Å². The highest BCUT2D eigenvalue weighted by Crippen LogP contribution is 2.35. The van der Waals surface area contributed by atoms with Crippen LogP contribution in [-0.2, 0) is 17.9 Å². The van der Waals surface area contributed by atoms with Crippen LogP contribution in [0.3, 0.4) is 0 Å². The van der Waals surface area contributed by atoms with E-state index in [1.165, 1.54) is 25.3 Å². The first-order chi connectivity index (χ1) is 16.4. The molecule has 0 saturated heterocycles. The van der Waals surface area contributed by atoms with Crippen LogP contribution in [0.15, 0.2) is 76.8 Å². The molecule has 0 radical (unpaired) electrons. The third kappa shape index (κ3) is 6.47. The molecule has 0 fully saturated rings. The molecule has 34 heavy (non-hydrogen) atoms. The highest BCUT2D eigenvalue weighted by Gasteiger charge is 2.14. The Bertz CT molecular complexity index is 1250. The Hall–Kier alpha value is -4.09. The molecule has 0 spiro atoms. The second-order valence-electron chi connectivity index (χ2n) is 7.15. The number of amides is 1. The van der Waals surface area contributed by atoms with Crippen molar-refractivity contribution in [3.05, 3.63) is 99.0 Å². The molecule has 172 valence electrons. The molecule has 0 bridgehead atoms. The predicted octanol–water partition coefficient (Wildman–Crippen LogP) is 4.96. The quantitative estimate of drug-likeness (QED) is 0.305. The second-order valence-corrected chi connectivity index (χ2v) is 8.01. The van der Waals surface area contributed by atoms with E-state index in [1.807, 2.05) is 36.4 Å². The number of methoxy groups -OCH3 is 1. The summed E-state index contributed by atoms with van der Waals surface area (Å²) in [6.07, 6.45) is 1.47. The Morgan fingerprint density at radius 1 is 1.06 bits per heavy atom. The molecule has 0 aliphatic heterocycles. The number of rotatable bonds is 9. The third-order valence-electron chi connectivity index (χ3n) is 4.84. The van der Waals surface area contributed by atoms with Crippen LogP contribution in [0.5, 0.6) is 11.5 Å². The zero-order chi connectivity index (χ0) is 24.5. The number of halogens is 1. The Morgan fingerprint density at radius 3 is 2.38 bits per heavy atom. The lowest BCUT2D eigenvalue weighted by molar-refractivity contribution is -0.117. The minimum absolute atomic E-state index is 0.0501. The topological polar surface area (TPSA) is 109 Å². The van der Waals surface area contributed by atoms with Crippen LogP contribution in [-0.4, -0.2) is 24.1 Å². The summed E-state index contributed by atoms with van der Waals surface area (Å²) in [5.74, 6) is -0.617. The second kappa shape index (κ2) is 11.7. The van der Waals surface area contributed by atoms with E-state index in [9.17, 15) is 14.9 Å². The van der Waals surface area contributed by atoms with Gasteiger partial charge in [-0.05, 0) is 47.0 Å². The molecular formula is C26H21BrN2O5. The SMILES string of the molecule is COc1cc(/C=C(/C#N)C(=O)NCc2ccccc2)c(Br)cc1OCc1ccc(C(=O)O)cc1. The molecule has 3 rings (SSSR count). The fourth-order valence-corrected chi connectivity index (χ4v) is 3.45. The third-order valence-corrected chi connectivity index (χ3v) is 5.53. The van der Waals surface area contributed by atoms with E-state index in [4.69, 9.17) is 14.6 Å². The zero-order valence-corrected chi connectivity index (χ0v) is 19.8. The maximum absolute atomic E-state index is 12.5. The molecular weight excluding hydrogens is 500 g/mol. The Kier molecular flexibility index (Phi) is 8.43. The monoisotopic (exact) mass is 520 g/mol. The lowest BCUT2D eigenvalue weighted by Gasteiger charge is -2.13. The summed E-state index contributed by atoms with van der Waals surface area (Å²) in [5.41, 5.74) is 2.43. The molecule has 0 aliphatic carbocycles. The van der Waals surface area contributed by atoms with Crippen molar-refractivity contribution in [2.24, 2.45) is 0 Å². The van der Waals surface area contributed by atoms with E-state index in [1.54, 1.807) is 24.3 Å². The molecule has 3 aromatic rings. The minimum atomic E-state index is -0.993. The first-order valence-electron chi connectivity index (χ1n) is 10.2. The van der Waals surface area contributed by atoms with Crippen molar-refractivity contribution in [3.8, 4) is 17.6 Å². The van der Waals surface area contributed by atoms with Gasteiger partial charge in [-0.1, -0.05) is 58.4 Å². The molecule has 0 unspecified atom stereocenters. The lowest BCUT2D eigenvalue weighted by Crippen LogP contribution is -2.23. The average molecular weight is 521 g/mol. The summed E-state index contributed by atoms with van der Waals surface area (Å²) in [7, 11) is 1.49. The van der Waals surface area contributed by atoms with E-state index in [0.29, 0.717) is 28.1 Å². The van der Waals surface area contributed by atoms with Crippen LogP contribution >= 0.6 is 15.9 Å². The smallest absolute Gasteiger partial charge is 0.335 e. The van der Waals surface area contributed by atoms with Gasteiger partial charge in [-0.2, -0.15) is 5.26 Å². The molecule has 8 heteroatoms. The number of nitrogens with zero attached hydrogens (tertiary/aromatic N) is 1. The largest absolute Gasteiger partial charge is 0.493 e. The molecule has 2 N–H and O–H groups in total. The van der Waals surface area contributed by atoms with Gasteiger partial charge in [0.05, 0.1) is 12.7 Å².